The number of aromatic hydroxyl groups is 1. The second kappa shape index (κ2) is 12.3. The molecular weight excluding hydrogens is 550 g/mol. The van der Waals surface area contributed by atoms with Crippen molar-refractivity contribution in [3.63, 3.8) is 0 Å². The van der Waals surface area contributed by atoms with E-state index in [2.05, 4.69) is 10.3 Å². The van der Waals surface area contributed by atoms with E-state index < -0.39 is 18.1 Å². The minimum Gasteiger partial charge on any atom is -0.508 e. The molecule has 5 N–H and O–H groups in total. The number of aromatic amines is 1. The average Bonchev–Trinajstić information content (AvgIpc) is 3.46. The van der Waals surface area contributed by atoms with Crippen LogP contribution in [0.5, 0.6) is 5.75 Å². The molecule has 8 heteroatoms. The van der Waals surface area contributed by atoms with Crippen LogP contribution in [0.1, 0.15) is 45.2 Å². The van der Waals surface area contributed by atoms with E-state index in [1.54, 1.807) is 17.0 Å². The first-order chi connectivity index (χ1) is 21.3. The van der Waals surface area contributed by atoms with E-state index in [1.165, 1.54) is 0 Å². The lowest BCUT2D eigenvalue weighted by Crippen LogP contribution is -2.57. The summed E-state index contributed by atoms with van der Waals surface area (Å²) in [7, 11) is 0. The number of hydrogen-bond donors (Lipinski definition) is 4. The SMILES string of the molecule is Cc1cc(O)cc(C)c1C[C@H](N)C(=O)N1Cc2ccccc2C[C@H]1C(=O)N[C@@H](Cc1ccccc1)c1nc2ccccc2[nH]1. The van der Waals surface area contributed by atoms with E-state index in [4.69, 9.17) is 10.7 Å². The Bertz CT molecular complexity index is 1760. The maximum Gasteiger partial charge on any atom is 0.243 e. The van der Waals surface area contributed by atoms with E-state index in [-0.39, 0.29) is 17.6 Å². The Balaban J connectivity index is 1.30. The Morgan fingerprint density at radius 1 is 0.955 bits per heavy atom. The van der Waals surface area contributed by atoms with Crippen LogP contribution in [0.4, 0.5) is 0 Å². The molecule has 224 valence electrons. The standard InChI is InChI=1S/C36H37N5O3/c1-22-16-27(42)17-23(2)28(22)20-29(37)36(44)41-21-26-13-7-6-12-25(26)19-33(41)35(43)40-32(18-24-10-4-3-5-11-24)34-38-30-14-8-9-15-31(30)39-34/h3-17,29,32-33,42H,18-21,37H2,1-2H3,(H,38,39)(H,40,43)/t29-,32-,33-/m0/s1. The molecule has 0 unspecified atom stereocenters. The van der Waals surface area contributed by atoms with Crippen molar-refractivity contribution in [1.82, 2.24) is 20.2 Å². The molecule has 3 atom stereocenters. The van der Waals surface area contributed by atoms with Gasteiger partial charge in [-0.25, -0.2) is 4.98 Å². The van der Waals surface area contributed by atoms with Crippen molar-refractivity contribution in [1.29, 1.82) is 0 Å². The van der Waals surface area contributed by atoms with Crippen LogP contribution in [0, 0.1) is 13.8 Å². The number of fused-ring (bicyclic) bond motifs is 2. The highest BCUT2D eigenvalue weighted by Gasteiger charge is 2.38. The van der Waals surface area contributed by atoms with Gasteiger partial charge in [0.2, 0.25) is 11.8 Å². The first kappa shape index (κ1) is 29.1. The fraction of sp³-hybridized carbons (Fsp3) is 0.250. The van der Waals surface area contributed by atoms with Crippen LogP contribution >= 0.6 is 0 Å². The van der Waals surface area contributed by atoms with Crippen LogP contribution < -0.4 is 11.1 Å². The normalized spacial score (nSPS) is 15.9. The van der Waals surface area contributed by atoms with Gasteiger partial charge in [-0.2, -0.15) is 0 Å². The third-order valence-corrected chi connectivity index (χ3v) is 8.59. The monoisotopic (exact) mass is 587 g/mol. The number of phenolic OH excluding ortho intramolecular Hbond substituents is 1. The lowest BCUT2D eigenvalue weighted by atomic mass is 9.91. The third-order valence-electron chi connectivity index (χ3n) is 8.59. The second-order valence-electron chi connectivity index (χ2n) is 11.7. The van der Waals surface area contributed by atoms with Gasteiger partial charge in [-0.3, -0.25) is 9.59 Å². The fourth-order valence-corrected chi connectivity index (χ4v) is 6.27. The lowest BCUT2D eigenvalue weighted by Gasteiger charge is -2.38. The molecule has 0 saturated carbocycles. The Morgan fingerprint density at radius 2 is 1.61 bits per heavy atom. The van der Waals surface area contributed by atoms with Gasteiger partial charge >= 0.3 is 0 Å². The van der Waals surface area contributed by atoms with E-state index in [0.29, 0.717) is 31.6 Å². The predicted molar refractivity (Wildman–Crippen MR) is 171 cm³/mol. The number of nitrogens with one attached hydrogen (secondary N) is 2. The molecule has 0 fully saturated rings. The molecular formula is C36H37N5O3. The summed E-state index contributed by atoms with van der Waals surface area (Å²) < 4.78 is 0. The third kappa shape index (κ3) is 6.07. The van der Waals surface area contributed by atoms with Crippen molar-refractivity contribution in [2.75, 3.05) is 0 Å². The predicted octanol–water partition coefficient (Wildman–Crippen LogP) is 4.81. The number of amides is 2. The smallest absolute Gasteiger partial charge is 0.243 e. The summed E-state index contributed by atoms with van der Waals surface area (Å²) in [5, 5.41) is 13.2. The number of aromatic nitrogens is 2. The van der Waals surface area contributed by atoms with Crippen molar-refractivity contribution in [3.8, 4) is 5.75 Å². The minimum absolute atomic E-state index is 0.183. The fourth-order valence-electron chi connectivity index (χ4n) is 6.27. The van der Waals surface area contributed by atoms with Crippen molar-refractivity contribution in [2.45, 2.75) is 57.8 Å². The maximum absolute atomic E-state index is 14.2. The molecule has 6 rings (SSSR count). The molecule has 2 heterocycles. The number of imidazole rings is 1. The van der Waals surface area contributed by atoms with Gasteiger partial charge in [0, 0.05) is 13.0 Å². The van der Waals surface area contributed by atoms with Gasteiger partial charge in [0.1, 0.15) is 17.6 Å². The molecule has 2 amide bonds. The van der Waals surface area contributed by atoms with Gasteiger partial charge in [-0.05, 0) is 84.3 Å². The van der Waals surface area contributed by atoms with Gasteiger partial charge in [-0.15, -0.1) is 0 Å². The van der Waals surface area contributed by atoms with Crippen molar-refractivity contribution < 1.29 is 14.7 Å². The second-order valence-corrected chi connectivity index (χ2v) is 11.7. The summed E-state index contributed by atoms with van der Waals surface area (Å²) in [5.41, 5.74) is 14.1. The number of rotatable bonds is 8. The molecule has 8 nitrogen and oxygen atoms in total. The van der Waals surface area contributed by atoms with Gasteiger partial charge in [-0.1, -0.05) is 66.7 Å². The highest BCUT2D eigenvalue weighted by molar-refractivity contribution is 5.91. The number of carbonyl (C=O) groups excluding carboxylic acids is 2. The maximum atomic E-state index is 14.2. The number of para-hydroxylation sites is 2. The number of nitrogens with two attached hydrogens (primary N) is 1. The van der Waals surface area contributed by atoms with Gasteiger partial charge in [0.25, 0.3) is 0 Å². The zero-order valence-corrected chi connectivity index (χ0v) is 25.0. The highest BCUT2D eigenvalue weighted by atomic mass is 16.3. The first-order valence-electron chi connectivity index (χ1n) is 15.0. The molecule has 1 aliphatic rings. The van der Waals surface area contributed by atoms with Gasteiger partial charge < -0.3 is 26.0 Å². The van der Waals surface area contributed by atoms with Gasteiger partial charge in [0.15, 0.2) is 0 Å². The lowest BCUT2D eigenvalue weighted by molar-refractivity contribution is -0.143. The topological polar surface area (TPSA) is 124 Å². The summed E-state index contributed by atoms with van der Waals surface area (Å²) in [5.74, 6) is 0.309. The molecule has 44 heavy (non-hydrogen) atoms. The highest BCUT2D eigenvalue weighted by Crippen LogP contribution is 2.28. The molecule has 5 aromatic rings. The summed E-state index contributed by atoms with van der Waals surface area (Å²) in [4.78, 5) is 38.1. The molecule has 0 radical (unpaired) electrons. The number of aryl methyl sites for hydroxylation is 2. The number of benzene rings is 4. The van der Waals surface area contributed by atoms with Gasteiger partial charge in [0.05, 0.1) is 23.1 Å². The van der Waals surface area contributed by atoms with Crippen LogP contribution in [-0.2, 0) is 35.4 Å². The summed E-state index contributed by atoms with van der Waals surface area (Å²) in [6.07, 6.45) is 1.22. The average molecular weight is 588 g/mol. The quantitative estimate of drug-likeness (QED) is 0.208. The molecule has 0 saturated heterocycles. The largest absolute Gasteiger partial charge is 0.508 e. The Labute approximate surface area is 256 Å². The number of phenols is 1. The van der Waals surface area contributed by atoms with E-state index in [9.17, 15) is 14.7 Å². The zero-order chi connectivity index (χ0) is 30.8. The molecule has 0 spiro atoms. The molecule has 1 aromatic heterocycles. The minimum atomic E-state index is -0.854. The first-order valence-corrected chi connectivity index (χ1v) is 15.0. The summed E-state index contributed by atoms with van der Waals surface area (Å²) in [6.45, 7) is 4.09. The zero-order valence-electron chi connectivity index (χ0n) is 25.0. The summed E-state index contributed by atoms with van der Waals surface area (Å²) >= 11 is 0. The summed E-state index contributed by atoms with van der Waals surface area (Å²) in [6, 6.07) is 27.0. The van der Waals surface area contributed by atoms with Crippen molar-refractivity contribution in [3.05, 3.63) is 130 Å². The number of hydrogen-bond acceptors (Lipinski definition) is 5. The molecule has 0 bridgehead atoms. The molecule has 4 aromatic carbocycles. The molecule has 1 aliphatic heterocycles. The Hall–Kier alpha value is -4.95. The van der Waals surface area contributed by atoms with E-state index >= 15 is 0 Å². The number of carbonyl (C=O) groups is 2. The number of nitrogens with zero attached hydrogens (tertiary/aromatic N) is 2. The Morgan fingerprint density at radius 3 is 2.34 bits per heavy atom. The van der Waals surface area contributed by atoms with Crippen molar-refractivity contribution in [2.24, 2.45) is 5.73 Å². The Kier molecular flexibility index (Phi) is 8.17. The van der Waals surface area contributed by atoms with Crippen LogP contribution in [0.2, 0.25) is 0 Å². The van der Waals surface area contributed by atoms with E-state index in [1.807, 2.05) is 92.7 Å². The van der Waals surface area contributed by atoms with Crippen LogP contribution in [0.15, 0.2) is 91.0 Å². The number of H-pyrrole nitrogens is 1. The van der Waals surface area contributed by atoms with Crippen LogP contribution in [-0.4, -0.2) is 43.9 Å². The van der Waals surface area contributed by atoms with Crippen LogP contribution in [0.25, 0.3) is 11.0 Å². The van der Waals surface area contributed by atoms with Crippen molar-refractivity contribution >= 4 is 22.8 Å². The van der Waals surface area contributed by atoms with Crippen LogP contribution in [0.3, 0.4) is 0 Å². The van der Waals surface area contributed by atoms with E-state index in [0.717, 1.165) is 44.4 Å². The molecule has 0 aliphatic carbocycles.